The summed E-state index contributed by atoms with van der Waals surface area (Å²) in [6.07, 6.45) is 0. The van der Waals surface area contributed by atoms with Gasteiger partial charge in [0.25, 0.3) is 5.91 Å². The van der Waals surface area contributed by atoms with Crippen molar-refractivity contribution < 1.29 is 14.0 Å². The summed E-state index contributed by atoms with van der Waals surface area (Å²) in [5, 5.41) is 7.83. The van der Waals surface area contributed by atoms with Gasteiger partial charge in [-0.15, -0.1) is 23.1 Å². The Morgan fingerprint density at radius 2 is 1.93 bits per heavy atom. The fraction of sp³-hybridized carbons (Fsp3) is 0.105. The van der Waals surface area contributed by atoms with Crippen LogP contribution in [-0.4, -0.2) is 22.6 Å². The number of carbonyl (C=O) groups is 2. The molecule has 1 aromatic heterocycles. The number of aromatic nitrogens is 1. The largest absolute Gasteiger partial charge is 0.325 e. The van der Waals surface area contributed by atoms with Crippen molar-refractivity contribution in [3.63, 3.8) is 0 Å². The van der Waals surface area contributed by atoms with Crippen LogP contribution < -0.4 is 10.6 Å². The first kappa shape index (κ1) is 20.5. The number of halogens is 2. The Morgan fingerprint density at radius 3 is 2.68 bits per heavy atom. The third kappa shape index (κ3) is 6.15. The quantitative estimate of drug-likeness (QED) is 0.490. The van der Waals surface area contributed by atoms with E-state index in [-0.39, 0.29) is 23.4 Å². The first-order valence-electron chi connectivity index (χ1n) is 8.14. The number of carbonyl (C=O) groups excluding carboxylic acids is 2. The third-order valence-corrected chi connectivity index (χ3v) is 5.74. The topological polar surface area (TPSA) is 71.1 Å². The lowest BCUT2D eigenvalue weighted by Gasteiger charge is -2.04. The highest BCUT2D eigenvalue weighted by molar-refractivity contribution is 9.10. The molecule has 3 aromatic rings. The molecule has 0 saturated carbocycles. The van der Waals surface area contributed by atoms with Gasteiger partial charge in [-0.2, -0.15) is 0 Å². The summed E-state index contributed by atoms with van der Waals surface area (Å²) in [7, 11) is 0. The van der Waals surface area contributed by atoms with Crippen LogP contribution in [0, 0.1) is 5.82 Å². The van der Waals surface area contributed by atoms with E-state index in [9.17, 15) is 14.0 Å². The smallest absolute Gasteiger partial charge is 0.257 e. The van der Waals surface area contributed by atoms with Crippen molar-refractivity contribution in [3.8, 4) is 0 Å². The zero-order valence-electron chi connectivity index (χ0n) is 14.4. The van der Waals surface area contributed by atoms with Crippen molar-refractivity contribution in [1.29, 1.82) is 0 Å². The molecular weight excluding hydrogens is 465 g/mol. The molecule has 3 rings (SSSR count). The number of benzene rings is 2. The molecule has 0 spiro atoms. The minimum atomic E-state index is -0.348. The summed E-state index contributed by atoms with van der Waals surface area (Å²) in [4.78, 5) is 28.5. The average molecular weight is 480 g/mol. The van der Waals surface area contributed by atoms with Gasteiger partial charge in [-0.05, 0) is 42.5 Å². The molecule has 0 fully saturated rings. The first-order chi connectivity index (χ1) is 13.5. The summed E-state index contributed by atoms with van der Waals surface area (Å²) >= 11 is 6.08. The van der Waals surface area contributed by atoms with E-state index in [1.165, 1.54) is 47.4 Å². The van der Waals surface area contributed by atoms with Crippen LogP contribution in [0.3, 0.4) is 0 Å². The number of hydrogen-bond donors (Lipinski definition) is 2. The van der Waals surface area contributed by atoms with Gasteiger partial charge in [-0.1, -0.05) is 22.0 Å². The van der Waals surface area contributed by atoms with Crippen LogP contribution >= 0.6 is 39.0 Å². The Morgan fingerprint density at radius 1 is 1.14 bits per heavy atom. The van der Waals surface area contributed by atoms with Crippen LogP contribution in [-0.2, 0) is 10.5 Å². The molecule has 2 N–H and O–H groups in total. The molecule has 0 atom stereocenters. The van der Waals surface area contributed by atoms with Crippen molar-refractivity contribution in [2.45, 2.75) is 5.75 Å². The van der Waals surface area contributed by atoms with E-state index in [0.717, 1.165) is 10.2 Å². The molecule has 1 heterocycles. The highest BCUT2D eigenvalue weighted by atomic mass is 79.9. The van der Waals surface area contributed by atoms with E-state index < -0.39 is 0 Å². The molecule has 0 aliphatic rings. The Kier molecular flexibility index (Phi) is 7.18. The highest BCUT2D eigenvalue weighted by Gasteiger charge is 2.10. The molecule has 9 heteroatoms. The number of amides is 2. The molecule has 0 unspecified atom stereocenters. The second-order valence-electron chi connectivity index (χ2n) is 5.66. The summed E-state index contributed by atoms with van der Waals surface area (Å²) in [6.45, 7) is 0. The Bertz CT molecular complexity index is 979. The monoisotopic (exact) mass is 479 g/mol. The van der Waals surface area contributed by atoms with Gasteiger partial charge in [0.15, 0.2) is 5.13 Å². The number of hydrogen-bond acceptors (Lipinski definition) is 5. The number of nitrogens with one attached hydrogen (secondary N) is 2. The minimum absolute atomic E-state index is 0.171. The maximum atomic E-state index is 12.9. The van der Waals surface area contributed by atoms with Gasteiger partial charge in [0, 0.05) is 26.9 Å². The predicted molar refractivity (Wildman–Crippen MR) is 115 cm³/mol. The molecular formula is C19H15BrFN3O2S2. The van der Waals surface area contributed by atoms with Crippen LogP contribution in [0.15, 0.2) is 58.4 Å². The minimum Gasteiger partial charge on any atom is -0.325 e. The number of thioether (sulfide) groups is 1. The zero-order chi connectivity index (χ0) is 19.9. The fourth-order valence-corrected chi connectivity index (χ4v) is 4.13. The van der Waals surface area contributed by atoms with E-state index in [0.29, 0.717) is 22.1 Å². The lowest BCUT2D eigenvalue weighted by molar-refractivity contribution is -0.113. The van der Waals surface area contributed by atoms with Gasteiger partial charge in [0.1, 0.15) is 5.82 Å². The maximum Gasteiger partial charge on any atom is 0.257 e. The van der Waals surface area contributed by atoms with Crippen LogP contribution in [0.5, 0.6) is 0 Å². The Labute approximate surface area is 177 Å². The molecule has 2 aromatic carbocycles. The van der Waals surface area contributed by atoms with Crippen molar-refractivity contribution in [1.82, 2.24) is 4.98 Å². The molecule has 144 valence electrons. The van der Waals surface area contributed by atoms with Gasteiger partial charge in [0.2, 0.25) is 5.91 Å². The van der Waals surface area contributed by atoms with Crippen LogP contribution in [0.25, 0.3) is 0 Å². The molecule has 2 amide bonds. The fourth-order valence-electron chi connectivity index (χ4n) is 2.21. The lowest BCUT2D eigenvalue weighted by Crippen LogP contribution is -2.14. The van der Waals surface area contributed by atoms with Crippen molar-refractivity contribution >= 4 is 61.7 Å². The third-order valence-electron chi connectivity index (χ3n) is 3.47. The Balaban J connectivity index is 1.45. The highest BCUT2D eigenvalue weighted by Crippen LogP contribution is 2.21. The number of nitrogens with zero attached hydrogens (tertiary/aromatic N) is 1. The van der Waals surface area contributed by atoms with E-state index in [2.05, 4.69) is 31.5 Å². The van der Waals surface area contributed by atoms with Crippen molar-refractivity contribution in [2.24, 2.45) is 0 Å². The van der Waals surface area contributed by atoms with Gasteiger partial charge in [0.05, 0.1) is 11.4 Å². The van der Waals surface area contributed by atoms with E-state index in [4.69, 9.17) is 0 Å². The molecule has 0 aliphatic heterocycles. The molecule has 0 aliphatic carbocycles. The standard InChI is InChI=1S/C19H15BrFN3O2S2/c20-13-3-1-2-12(8-13)18(26)24-19-23-16(10-28-19)9-27-11-17(25)22-15-6-4-14(21)5-7-15/h1-8,10H,9,11H2,(H,22,25)(H,23,24,26). The van der Waals surface area contributed by atoms with Crippen molar-refractivity contribution in [3.05, 3.63) is 75.5 Å². The SMILES string of the molecule is O=C(CSCc1csc(NC(=O)c2cccc(Br)c2)n1)Nc1ccc(F)cc1. The molecule has 0 saturated heterocycles. The summed E-state index contributed by atoms with van der Waals surface area (Å²) in [5.41, 5.74) is 1.88. The van der Waals surface area contributed by atoms with E-state index in [1.54, 1.807) is 18.2 Å². The summed E-state index contributed by atoms with van der Waals surface area (Å²) < 4.78 is 13.7. The lowest BCUT2D eigenvalue weighted by atomic mass is 10.2. The van der Waals surface area contributed by atoms with Gasteiger partial charge in [-0.25, -0.2) is 9.37 Å². The average Bonchev–Trinajstić information content (AvgIpc) is 3.11. The number of anilines is 2. The molecule has 28 heavy (non-hydrogen) atoms. The van der Waals surface area contributed by atoms with Gasteiger partial charge in [-0.3, -0.25) is 14.9 Å². The van der Waals surface area contributed by atoms with Crippen LogP contribution in [0.2, 0.25) is 0 Å². The first-order valence-corrected chi connectivity index (χ1v) is 11.0. The molecule has 0 bridgehead atoms. The summed E-state index contributed by atoms with van der Waals surface area (Å²) in [5.74, 6) is 0.0385. The summed E-state index contributed by atoms with van der Waals surface area (Å²) in [6, 6.07) is 12.7. The van der Waals surface area contributed by atoms with Crippen molar-refractivity contribution in [2.75, 3.05) is 16.4 Å². The zero-order valence-corrected chi connectivity index (χ0v) is 17.7. The number of thiazole rings is 1. The Hall–Kier alpha value is -2.23. The van der Waals surface area contributed by atoms with E-state index >= 15 is 0 Å². The van der Waals surface area contributed by atoms with E-state index in [1.807, 2.05) is 11.4 Å². The maximum absolute atomic E-state index is 12.9. The normalized spacial score (nSPS) is 10.5. The predicted octanol–water partition coefficient (Wildman–Crippen LogP) is 5.17. The molecule has 0 radical (unpaired) electrons. The van der Waals surface area contributed by atoms with Gasteiger partial charge < -0.3 is 5.32 Å². The van der Waals surface area contributed by atoms with Gasteiger partial charge >= 0.3 is 0 Å². The number of rotatable bonds is 7. The second kappa shape index (κ2) is 9.81. The molecule has 5 nitrogen and oxygen atoms in total. The van der Waals surface area contributed by atoms with Crippen LogP contribution in [0.1, 0.15) is 16.1 Å². The second-order valence-corrected chi connectivity index (χ2v) is 8.42. The van der Waals surface area contributed by atoms with Crippen LogP contribution in [0.4, 0.5) is 15.2 Å².